The average Bonchev–Trinajstić information content (AvgIpc) is 2.52. The SMILES string of the molecule is COc1ccc(C(CO)N2CCN(C)C(C)C2)c(Cl)c1OC. The largest absolute Gasteiger partial charge is 0.493 e. The molecule has 2 unspecified atom stereocenters. The van der Waals surface area contributed by atoms with Gasteiger partial charge in [-0.2, -0.15) is 0 Å². The van der Waals surface area contributed by atoms with E-state index in [0.717, 1.165) is 25.2 Å². The third-order valence-electron chi connectivity index (χ3n) is 4.48. The Morgan fingerprint density at radius 3 is 2.59 bits per heavy atom. The van der Waals surface area contributed by atoms with Gasteiger partial charge in [0.1, 0.15) is 0 Å². The van der Waals surface area contributed by atoms with Gasteiger partial charge in [-0.15, -0.1) is 0 Å². The van der Waals surface area contributed by atoms with Gasteiger partial charge in [-0.05, 0) is 25.6 Å². The number of rotatable bonds is 5. The fraction of sp³-hybridized carbons (Fsp3) is 0.625. The lowest BCUT2D eigenvalue weighted by molar-refractivity contribution is 0.0463. The van der Waals surface area contributed by atoms with Gasteiger partial charge in [-0.1, -0.05) is 17.7 Å². The van der Waals surface area contributed by atoms with Crippen LogP contribution in [0.25, 0.3) is 0 Å². The molecule has 0 aliphatic carbocycles. The van der Waals surface area contributed by atoms with E-state index in [1.54, 1.807) is 14.2 Å². The first kappa shape index (κ1) is 17.3. The number of methoxy groups -OCH3 is 2. The lowest BCUT2D eigenvalue weighted by Crippen LogP contribution is -2.51. The molecule has 0 spiro atoms. The van der Waals surface area contributed by atoms with E-state index in [1.165, 1.54) is 0 Å². The van der Waals surface area contributed by atoms with E-state index in [0.29, 0.717) is 22.6 Å². The number of aliphatic hydroxyl groups excluding tert-OH is 1. The van der Waals surface area contributed by atoms with Crippen LogP contribution in [0.4, 0.5) is 0 Å². The van der Waals surface area contributed by atoms with Crippen molar-refractivity contribution in [2.24, 2.45) is 0 Å². The maximum Gasteiger partial charge on any atom is 0.179 e. The molecule has 1 aliphatic heterocycles. The molecule has 1 saturated heterocycles. The Morgan fingerprint density at radius 1 is 1.32 bits per heavy atom. The summed E-state index contributed by atoms with van der Waals surface area (Å²) < 4.78 is 10.6. The van der Waals surface area contributed by atoms with Gasteiger partial charge in [0.25, 0.3) is 0 Å². The van der Waals surface area contributed by atoms with Crippen LogP contribution in [0, 0.1) is 0 Å². The highest BCUT2D eigenvalue weighted by Crippen LogP contribution is 2.41. The molecule has 124 valence electrons. The number of halogens is 1. The summed E-state index contributed by atoms with van der Waals surface area (Å²) in [5, 5.41) is 10.4. The lowest BCUT2D eigenvalue weighted by Gasteiger charge is -2.41. The number of benzene rings is 1. The maximum atomic E-state index is 9.91. The minimum atomic E-state index is -0.136. The Labute approximate surface area is 137 Å². The highest BCUT2D eigenvalue weighted by Gasteiger charge is 2.29. The fourth-order valence-electron chi connectivity index (χ4n) is 2.93. The normalized spacial score (nSPS) is 21.6. The van der Waals surface area contributed by atoms with Crippen LogP contribution >= 0.6 is 11.6 Å². The zero-order valence-electron chi connectivity index (χ0n) is 13.7. The summed E-state index contributed by atoms with van der Waals surface area (Å²) in [6, 6.07) is 4.06. The molecule has 1 N–H and O–H groups in total. The molecular weight excluding hydrogens is 304 g/mol. The Balaban J connectivity index is 2.31. The molecule has 22 heavy (non-hydrogen) atoms. The van der Waals surface area contributed by atoms with Crippen molar-refractivity contribution in [3.63, 3.8) is 0 Å². The molecule has 1 aromatic carbocycles. The van der Waals surface area contributed by atoms with Gasteiger partial charge < -0.3 is 19.5 Å². The predicted molar refractivity (Wildman–Crippen MR) is 88.0 cm³/mol. The highest BCUT2D eigenvalue weighted by atomic mass is 35.5. The van der Waals surface area contributed by atoms with Gasteiger partial charge in [0.2, 0.25) is 0 Å². The number of likely N-dealkylation sites (N-methyl/N-ethyl adjacent to an activating group) is 1. The predicted octanol–water partition coefficient (Wildman–Crippen LogP) is 2.03. The maximum absolute atomic E-state index is 9.91. The summed E-state index contributed by atoms with van der Waals surface area (Å²) in [5.41, 5.74) is 0.874. The molecule has 6 heteroatoms. The van der Waals surface area contributed by atoms with Crippen molar-refractivity contribution in [1.29, 1.82) is 0 Å². The lowest BCUT2D eigenvalue weighted by atomic mass is 10.0. The minimum Gasteiger partial charge on any atom is -0.493 e. The van der Waals surface area contributed by atoms with Crippen molar-refractivity contribution < 1.29 is 14.6 Å². The summed E-state index contributed by atoms with van der Waals surface area (Å²) in [4.78, 5) is 4.60. The van der Waals surface area contributed by atoms with Gasteiger partial charge in [0, 0.05) is 25.7 Å². The number of ether oxygens (including phenoxy) is 2. The third-order valence-corrected chi connectivity index (χ3v) is 4.87. The van der Waals surface area contributed by atoms with Crippen LogP contribution in [0.2, 0.25) is 5.02 Å². The van der Waals surface area contributed by atoms with Gasteiger partial charge in [-0.25, -0.2) is 0 Å². The molecule has 1 heterocycles. The van der Waals surface area contributed by atoms with Crippen LogP contribution in [0.3, 0.4) is 0 Å². The molecular formula is C16H25ClN2O3. The Bertz CT molecular complexity index is 512. The molecule has 1 aromatic rings. The molecule has 2 atom stereocenters. The molecule has 1 fully saturated rings. The Kier molecular flexibility index (Phi) is 5.92. The number of aliphatic hydroxyl groups is 1. The van der Waals surface area contributed by atoms with Crippen molar-refractivity contribution in [1.82, 2.24) is 9.80 Å². The van der Waals surface area contributed by atoms with Crippen LogP contribution < -0.4 is 9.47 Å². The van der Waals surface area contributed by atoms with Crippen LogP contribution in [0.15, 0.2) is 12.1 Å². The van der Waals surface area contributed by atoms with Crippen molar-refractivity contribution in [2.45, 2.75) is 19.0 Å². The number of hydrogen-bond donors (Lipinski definition) is 1. The van der Waals surface area contributed by atoms with Crippen molar-refractivity contribution in [2.75, 3.05) is 47.5 Å². The van der Waals surface area contributed by atoms with E-state index in [4.69, 9.17) is 21.1 Å². The van der Waals surface area contributed by atoms with Gasteiger partial charge in [0.15, 0.2) is 11.5 Å². The molecule has 0 bridgehead atoms. The van der Waals surface area contributed by atoms with E-state index < -0.39 is 0 Å². The zero-order chi connectivity index (χ0) is 16.3. The quantitative estimate of drug-likeness (QED) is 0.896. The highest BCUT2D eigenvalue weighted by molar-refractivity contribution is 6.33. The first-order chi connectivity index (χ1) is 10.5. The first-order valence-corrected chi connectivity index (χ1v) is 7.86. The first-order valence-electron chi connectivity index (χ1n) is 7.49. The second kappa shape index (κ2) is 7.51. The van der Waals surface area contributed by atoms with E-state index in [9.17, 15) is 5.11 Å². The second-order valence-electron chi connectivity index (χ2n) is 5.73. The third kappa shape index (κ3) is 3.33. The van der Waals surface area contributed by atoms with Crippen LogP contribution in [-0.4, -0.2) is 68.5 Å². The van der Waals surface area contributed by atoms with E-state index in [1.807, 2.05) is 12.1 Å². The van der Waals surface area contributed by atoms with Gasteiger partial charge >= 0.3 is 0 Å². The molecule has 0 amide bonds. The van der Waals surface area contributed by atoms with Gasteiger partial charge in [0.05, 0.1) is 31.9 Å². The summed E-state index contributed by atoms with van der Waals surface area (Å²) >= 11 is 6.50. The van der Waals surface area contributed by atoms with E-state index >= 15 is 0 Å². The van der Waals surface area contributed by atoms with Crippen molar-refractivity contribution in [3.05, 3.63) is 22.7 Å². The molecule has 5 nitrogen and oxygen atoms in total. The van der Waals surface area contributed by atoms with Crippen molar-refractivity contribution >= 4 is 11.6 Å². The number of hydrogen-bond acceptors (Lipinski definition) is 5. The summed E-state index contributed by atoms with van der Waals surface area (Å²) in [6.07, 6.45) is 0. The summed E-state index contributed by atoms with van der Waals surface area (Å²) in [7, 11) is 5.28. The molecule has 1 aliphatic rings. The fourth-order valence-corrected chi connectivity index (χ4v) is 3.29. The summed E-state index contributed by atoms with van der Waals surface area (Å²) in [5.74, 6) is 1.11. The zero-order valence-corrected chi connectivity index (χ0v) is 14.4. The van der Waals surface area contributed by atoms with Crippen molar-refractivity contribution in [3.8, 4) is 11.5 Å². The van der Waals surface area contributed by atoms with Crippen LogP contribution in [0.1, 0.15) is 18.5 Å². The second-order valence-corrected chi connectivity index (χ2v) is 6.11. The molecule has 0 aromatic heterocycles. The molecule has 2 rings (SSSR count). The molecule has 0 radical (unpaired) electrons. The minimum absolute atomic E-state index is 0.0195. The number of piperazine rings is 1. The smallest absolute Gasteiger partial charge is 0.179 e. The van der Waals surface area contributed by atoms with Crippen LogP contribution in [0.5, 0.6) is 11.5 Å². The van der Waals surface area contributed by atoms with E-state index in [2.05, 4.69) is 23.8 Å². The topological polar surface area (TPSA) is 45.2 Å². The van der Waals surface area contributed by atoms with E-state index in [-0.39, 0.29) is 12.6 Å². The average molecular weight is 329 g/mol. The Morgan fingerprint density at radius 2 is 2.05 bits per heavy atom. The number of nitrogens with zero attached hydrogens (tertiary/aromatic N) is 2. The Hall–Kier alpha value is -1.01. The molecule has 0 saturated carbocycles. The standard InChI is InChI=1S/C16H25ClN2O3/c1-11-9-19(8-7-18(11)2)13(10-20)12-5-6-14(21-3)16(22-4)15(12)17/h5-6,11,13,20H,7-10H2,1-4H3. The summed E-state index contributed by atoms with van der Waals surface area (Å²) in [6.45, 7) is 4.98. The monoisotopic (exact) mass is 328 g/mol. The van der Waals surface area contributed by atoms with Gasteiger partial charge in [-0.3, -0.25) is 4.90 Å². The van der Waals surface area contributed by atoms with Crippen LogP contribution in [-0.2, 0) is 0 Å².